The number of halogens is 1. The second-order valence-electron chi connectivity index (χ2n) is 4.05. The van der Waals surface area contributed by atoms with Gasteiger partial charge >= 0.3 is 6.09 Å². The molecule has 0 aliphatic heterocycles. The number of nitrogens with one attached hydrogen (secondary N) is 1. The van der Waals surface area contributed by atoms with Crippen molar-refractivity contribution in [2.24, 2.45) is 11.8 Å². The molecule has 1 amide bonds. The van der Waals surface area contributed by atoms with E-state index in [0.29, 0.717) is 24.3 Å². The average molecular weight is 232 g/mol. The van der Waals surface area contributed by atoms with E-state index in [4.69, 9.17) is 16.7 Å². The number of amides is 1. The molecule has 3 nitrogen and oxygen atoms in total. The average Bonchev–Trinajstić information content (AvgIpc) is 2.25. The standard InChI is InChI=1S/C11H18ClNO2/c12-7-1-2-9-3-5-10(6-4-9)8-13-11(14)15/h1-2,9-10,13H,3-8H2,(H,14,15)/b2-1+. The van der Waals surface area contributed by atoms with Crippen LogP contribution in [0.2, 0.25) is 0 Å². The van der Waals surface area contributed by atoms with E-state index in [0.717, 1.165) is 25.7 Å². The van der Waals surface area contributed by atoms with Gasteiger partial charge in [-0.25, -0.2) is 4.79 Å². The molecule has 1 aliphatic rings. The van der Waals surface area contributed by atoms with Crippen molar-refractivity contribution >= 4 is 17.7 Å². The predicted octanol–water partition coefficient (Wildman–Crippen LogP) is 2.86. The van der Waals surface area contributed by atoms with Crippen LogP contribution in [0.4, 0.5) is 4.79 Å². The molecule has 15 heavy (non-hydrogen) atoms. The Hall–Kier alpha value is -0.700. The molecular formula is C11H18ClNO2. The molecule has 0 aromatic rings. The number of carboxylic acid groups (broad SMARTS) is 1. The van der Waals surface area contributed by atoms with Crippen LogP contribution < -0.4 is 5.32 Å². The molecule has 0 saturated heterocycles. The van der Waals surface area contributed by atoms with Gasteiger partial charge in [-0.1, -0.05) is 12.2 Å². The molecule has 0 radical (unpaired) electrons. The zero-order valence-corrected chi connectivity index (χ0v) is 9.54. The van der Waals surface area contributed by atoms with E-state index in [9.17, 15) is 4.79 Å². The van der Waals surface area contributed by atoms with Crippen molar-refractivity contribution < 1.29 is 9.90 Å². The molecule has 1 saturated carbocycles. The van der Waals surface area contributed by atoms with Gasteiger partial charge in [0.15, 0.2) is 0 Å². The van der Waals surface area contributed by atoms with Crippen molar-refractivity contribution in [2.45, 2.75) is 25.7 Å². The summed E-state index contributed by atoms with van der Waals surface area (Å²) in [5, 5.41) is 10.9. The van der Waals surface area contributed by atoms with Crippen LogP contribution in [0.3, 0.4) is 0 Å². The smallest absolute Gasteiger partial charge is 0.404 e. The molecule has 0 unspecified atom stereocenters. The van der Waals surface area contributed by atoms with E-state index in [-0.39, 0.29) is 0 Å². The Morgan fingerprint density at radius 3 is 2.60 bits per heavy atom. The first-order valence-electron chi connectivity index (χ1n) is 5.41. The molecule has 0 bridgehead atoms. The molecule has 86 valence electrons. The molecule has 2 N–H and O–H groups in total. The Balaban J connectivity index is 2.18. The third-order valence-corrected chi connectivity index (χ3v) is 3.11. The Morgan fingerprint density at radius 1 is 1.40 bits per heavy atom. The summed E-state index contributed by atoms with van der Waals surface area (Å²) in [5.74, 6) is 1.74. The van der Waals surface area contributed by atoms with Gasteiger partial charge in [-0.15, -0.1) is 11.6 Å². The van der Waals surface area contributed by atoms with Crippen molar-refractivity contribution in [3.63, 3.8) is 0 Å². The van der Waals surface area contributed by atoms with Gasteiger partial charge in [-0.05, 0) is 37.5 Å². The number of hydrogen-bond donors (Lipinski definition) is 2. The molecule has 0 aromatic carbocycles. The fraction of sp³-hybridized carbons (Fsp3) is 0.727. The molecule has 0 spiro atoms. The fourth-order valence-electron chi connectivity index (χ4n) is 2.06. The first kappa shape index (κ1) is 12.4. The molecule has 4 heteroatoms. The Bertz CT molecular complexity index is 223. The quantitative estimate of drug-likeness (QED) is 0.578. The van der Waals surface area contributed by atoms with E-state index in [1.54, 1.807) is 0 Å². The lowest BCUT2D eigenvalue weighted by molar-refractivity contribution is 0.189. The zero-order valence-electron chi connectivity index (χ0n) is 8.79. The normalized spacial score (nSPS) is 26.7. The van der Waals surface area contributed by atoms with Gasteiger partial charge in [-0.2, -0.15) is 0 Å². The minimum absolute atomic E-state index is 0.516. The van der Waals surface area contributed by atoms with Crippen LogP contribution in [0.25, 0.3) is 0 Å². The summed E-state index contributed by atoms with van der Waals surface area (Å²) in [6, 6.07) is 0. The largest absolute Gasteiger partial charge is 0.465 e. The third-order valence-electron chi connectivity index (χ3n) is 2.93. The van der Waals surface area contributed by atoms with Crippen LogP contribution in [0.15, 0.2) is 12.2 Å². The maximum atomic E-state index is 10.3. The van der Waals surface area contributed by atoms with Crippen LogP contribution in [-0.2, 0) is 0 Å². The highest BCUT2D eigenvalue weighted by atomic mass is 35.5. The van der Waals surface area contributed by atoms with Crippen molar-refractivity contribution in [3.05, 3.63) is 12.2 Å². The first-order valence-corrected chi connectivity index (χ1v) is 5.95. The minimum Gasteiger partial charge on any atom is -0.465 e. The Morgan fingerprint density at radius 2 is 2.07 bits per heavy atom. The molecule has 1 aliphatic carbocycles. The van der Waals surface area contributed by atoms with E-state index < -0.39 is 6.09 Å². The summed E-state index contributed by atoms with van der Waals surface area (Å²) in [4.78, 5) is 10.3. The molecular weight excluding hydrogens is 214 g/mol. The summed E-state index contributed by atoms with van der Waals surface area (Å²) in [5.41, 5.74) is 0. The van der Waals surface area contributed by atoms with Crippen LogP contribution in [0.5, 0.6) is 0 Å². The van der Waals surface area contributed by atoms with Crippen LogP contribution >= 0.6 is 11.6 Å². The van der Waals surface area contributed by atoms with Crippen molar-refractivity contribution in [2.75, 3.05) is 12.4 Å². The van der Waals surface area contributed by atoms with Gasteiger partial charge in [0, 0.05) is 12.4 Å². The van der Waals surface area contributed by atoms with Crippen molar-refractivity contribution in [1.82, 2.24) is 5.32 Å². The van der Waals surface area contributed by atoms with Crippen LogP contribution in [-0.4, -0.2) is 23.6 Å². The molecule has 0 atom stereocenters. The molecule has 1 rings (SSSR count). The fourth-order valence-corrected chi connectivity index (χ4v) is 2.16. The summed E-state index contributed by atoms with van der Waals surface area (Å²) >= 11 is 5.57. The molecule has 0 heterocycles. The Kier molecular flexibility index (Phi) is 5.54. The highest BCUT2D eigenvalue weighted by Crippen LogP contribution is 2.29. The Labute approximate surface area is 95.5 Å². The van der Waals surface area contributed by atoms with E-state index in [1.165, 1.54) is 0 Å². The first-order chi connectivity index (χ1) is 7.22. The van der Waals surface area contributed by atoms with Gasteiger partial charge in [0.05, 0.1) is 0 Å². The van der Waals surface area contributed by atoms with Gasteiger partial charge < -0.3 is 10.4 Å². The lowest BCUT2D eigenvalue weighted by Gasteiger charge is -2.26. The van der Waals surface area contributed by atoms with E-state index >= 15 is 0 Å². The number of carbonyl (C=O) groups is 1. The number of alkyl halides is 1. The summed E-state index contributed by atoms with van der Waals surface area (Å²) in [6.45, 7) is 0.598. The summed E-state index contributed by atoms with van der Waals surface area (Å²) < 4.78 is 0. The van der Waals surface area contributed by atoms with E-state index in [2.05, 4.69) is 11.4 Å². The van der Waals surface area contributed by atoms with E-state index in [1.807, 2.05) is 6.08 Å². The number of rotatable bonds is 4. The highest BCUT2D eigenvalue weighted by Gasteiger charge is 2.19. The lowest BCUT2D eigenvalue weighted by Crippen LogP contribution is -2.29. The van der Waals surface area contributed by atoms with Crippen LogP contribution in [0.1, 0.15) is 25.7 Å². The topological polar surface area (TPSA) is 49.3 Å². The second kappa shape index (κ2) is 6.72. The minimum atomic E-state index is -0.917. The van der Waals surface area contributed by atoms with Gasteiger partial charge in [0.1, 0.15) is 0 Å². The number of hydrogen-bond acceptors (Lipinski definition) is 1. The SMILES string of the molecule is O=C(O)NCC1CCC(/C=C/CCl)CC1. The molecule has 0 aromatic heterocycles. The van der Waals surface area contributed by atoms with Crippen molar-refractivity contribution in [3.8, 4) is 0 Å². The predicted molar refractivity (Wildman–Crippen MR) is 61.3 cm³/mol. The zero-order chi connectivity index (χ0) is 11.1. The van der Waals surface area contributed by atoms with Crippen LogP contribution in [0, 0.1) is 11.8 Å². The summed E-state index contributed by atoms with van der Waals surface area (Å²) in [6.07, 6.45) is 7.79. The molecule has 1 fully saturated rings. The third kappa shape index (κ3) is 5.07. The summed E-state index contributed by atoms with van der Waals surface area (Å²) in [7, 11) is 0. The lowest BCUT2D eigenvalue weighted by atomic mass is 9.82. The van der Waals surface area contributed by atoms with Gasteiger partial charge in [0.2, 0.25) is 0 Å². The second-order valence-corrected chi connectivity index (χ2v) is 4.36. The number of allylic oxidation sites excluding steroid dienone is 2. The van der Waals surface area contributed by atoms with Gasteiger partial charge in [0.25, 0.3) is 0 Å². The maximum Gasteiger partial charge on any atom is 0.404 e. The maximum absolute atomic E-state index is 10.3. The monoisotopic (exact) mass is 231 g/mol. The van der Waals surface area contributed by atoms with Gasteiger partial charge in [-0.3, -0.25) is 0 Å². The van der Waals surface area contributed by atoms with Crippen molar-refractivity contribution in [1.29, 1.82) is 0 Å². The highest BCUT2D eigenvalue weighted by molar-refractivity contribution is 6.18.